The molecular weight excluding hydrogens is 426 g/mol. The number of fused-ring (bicyclic) bond motifs is 4. The maximum atomic E-state index is 13.4. The maximum Gasteiger partial charge on any atom is 0.407 e. The number of nitriles is 1. The normalized spacial score (nSPS) is 23.1. The van der Waals surface area contributed by atoms with Crippen molar-refractivity contribution in [2.75, 3.05) is 18.0 Å². The van der Waals surface area contributed by atoms with E-state index in [-0.39, 0.29) is 31.3 Å². The lowest BCUT2D eigenvalue weighted by Gasteiger charge is -2.64. The molecule has 2 fully saturated rings. The first-order valence-electron chi connectivity index (χ1n) is 11.0. The van der Waals surface area contributed by atoms with E-state index < -0.39 is 40.9 Å². The van der Waals surface area contributed by atoms with Crippen LogP contribution >= 0.6 is 0 Å². The highest BCUT2D eigenvalue weighted by Gasteiger charge is 2.66. The number of hydrogen-bond donors (Lipinski definition) is 3. The average Bonchev–Trinajstić information content (AvgIpc) is 2.75. The van der Waals surface area contributed by atoms with E-state index in [1.807, 2.05) is 38.7 Å². The molecule has 0 radical (unpaired) electrons. The van der Waals surface area contributed by atoms with Gasteiger partial charge in [0.2, 0.25) is 11.8 Å². The zero-order valence-corrected chi connectivity index (χ0v) is 19.0. The molecule has 10 nitrogen and oxygen atoms in total. The molecule has 3 aliphatic heterocycles. The van der Waals surface area contributed by atoms with Crippen LogP contribution < -0.4 is 15.5 Å². The topological polar surface area (TPSA) is 143 Å². The second-order valence-corrected chi connectivity index (χ2v) is 9.69. The lowest BCUT2D eigenvalue weighted by atomic mass is 9.62. The molecule has 3 aliphatic rings. The van der Waals surface area contributed by atoms with E-state index in [2.05, 4.69) is 16.7 Å². The van der Waals surface area contributed by atoms with Crippen LogP contribution in [0.1, 0.15) is 38.8 Å². The van der Waals surface area contributed by atoms with Gasteiger partial charge in [-0.2, -0.15) is 5.26 Å². The highest BCUT2D eigenvalue weighted by molar-refractivity contribution is 6.20. The Labute approximate surface area is 191 Å². The Morgan fingerprint density at radius 3 is 2.27 bits per heavy atom. The van der Waals surface area contributed by atoms with E-state index in [0.717, 1.165) is 5.69 Å². The predicted molar refractivity (Wildman–Crippen MR) is 117 cm³/mol. The third kappa shape index (κ3) is 2.98. The fourth-order valence-electron chi connectivity index (χ4n) is 6.01. The minimum Gasteiger partial charge on any atom is -0.465 e. The smallest absolute Gasteiger partial charge is 0.407 e. The van der Waals surface area contributed by atoms with Gasteiger partial charge in [-0.3, -0.25) is 20.2 Å². The highest BCUT2D eigenvalue weighted by atomic mass is 16.4. The van der Waals surface area contributed by atoms with Gasteiger partial charge in [-0.15, -0.1) is 0 Å². The van der Waals surface area contributed by atoms with Crippen molar-refractivity contribution in [1.82, 2.24) is 15.5 Å². The first kappa shape index (κ1) is 22.6. The molecule has 2 saturated heterocycles. The Kier molecular flexibility index (Phi) is 5.11. The number of nitrogens with zero attached hydrogens (tertiary/aromatic N) is 3. The van der Waals surface area contributed by atoms with Gasteiger partial charge in [-0.25, -0.2) is 9.59 Å². The van der Waals surface area contributed by atoms with Crippen molar-refractivity contribution in [1.29, 1.82) is 5.26 Å². The van der Waals surface area contributed by atoms with E-state index in [1.54, 1.807) is 12.1 Å². The van der Waals surface area contributed by atoms with E-state index in [1.165, 1.54) is 4.90 Å². The fraction of sp³-hybridized carbons (Fsp3) is 0.522. The van der Waals surface area contributed by atoms with Crippen LogP contribution in [0.4, 0.5) is 15.3 Å². The molecule has 33 heavy (non-hydrogen) atoms. The number of carboxylic acid groups (broad SMARTS) is 1. The first-order chi connectivity index (χ1) is 15.5. The number of hydrogen-bond acceptors (Lipinski definition) is 6. The lowest BCUT2D eigenvalue weighted by Crippen LogP contribution is -2.81. The van der Waals surface area contributed by atoms with E-state index >= 15 is 0 Å². The van der Waals surface area contributed by atoms with Crippen LogP contribution in [0.5, 0.6) is 0 Å². The third-order valence-electron chi connectivity index (χ3n) is 7.64. The van der Waals surface area contributed by atoms with Crippen LogP contribution in [0, 0.1) is 28.6 Å². The van der Waals surface area contributed by atoms with Gasteiger partial charge < -0.3 is 14.9 Å². The largest absolute Gasteiger partial charge is 0.465 e. The van der Waals surface area contributed by atoms with Gasteiger partial charge in [0.1, 0.15) is 0 Å². The predicted octanol–water partition coefficient (Wildman–Crippen LogP) is 1.69. The average molecular weight is 453 g/mol. The number of amides is 5. The van der Waals surface area contributed by atoms with Crippen LogP contribution in [0.25, 0.3) is 0 Å². The Balaban J connectivity index is 2.05. The van der Waals surface area contributed by atoms with Gasteiger partial charge in [-0.1, -0.05) is 27.7 Å². The van der Waals surface area contributed by atoms with Crippen LogP contribution in [0.2, 0.25) is 0 Å². The summed E-state index contributed by atoms with van der Waals surface area (Å²) in [6.45, 7) is 8.10. The van der Waals surface area contributed by atoms with Crippen molar-refractivity contribution in [3.8, 4) is 6.07 Å². The molecule has 0 bridgehead atoms. The zero-order chi connectivity index (χ0) is 24.3. The quantitative estimate of drug-likeness (QED) is 0.578. The summed E-state index contributed by atoms with van der Waals surface area (Å²) in [5.74, 6) is -1.63. The van der Waals surface area contributed by atoms with Crippen molar-refractivity contribution < 1.29 is 24.3 Å². The molecule has 0 saturated carbocycles. The maximum absolute atomic E-state index is 13.4. The van der Waals surface area contributed by atoms with Crippen molar-refractivity contribution in [2.45, 2.75) is 45.7 Å². The molecule has 0 aliphatic carbocycles. The first-order valence-corrected chi connectivity index (χ1v) is 11.0. The summed E-state index contributed by atoms with van der Waals surface area (Å²) in [6.07, 6.45) is -1.18. The van der Waals surface area contributed by atoms with Gasteiger partial charge in [0.25, 0.3) is 0 Å². The Morgan fingerprint density at radius 2 is 1.76 bits per heavy atom. The summed E-state index contributed by atoms with van der Waals surface area (Å²) in [7, 11) is 0. The number of piperazine rings is 1. The summed E-state index contributed by atoms with van der Waals surface area (Å²) < 4.78 is 0. The van der Waals surface area contributed by atoms with Gasteiger partial charge in [-0.05, 0) is 42.0 Å². The highest BCUT2D eigenvalue weighted by Crippen LogP contribution is 2.52. The molecule has 1 unspecified atom stereocenters. The molecule has 1 atom stereocenters. The molecule has 174 valence electrons. The molecule has 3 N–H and O–H groups in total. The molecule has 10 heteroatoms. The summed E-state index contributed by atoms with van der Waals surface area (Å²) in [6, 6.07) is 5.52. The van der Waals surface area contributed by atoms with Gasteiger partial charge in [0.15, 0.2) is 5.41 Å². The number of imide groups is 2. The zero-order valence-electron chi connectivity index (χ0n) is 19.0. The van der Waals surface area contributed by atoms with Crippen molar-refractivity contribution in [3.63, 3.8) is 0 Å². The van der Waals surface area contributed by atoms with Crippen LogP contribution in [-0.4, -0.2) is 58.6 Å². The summed E-state index contributed by atoms with van der Waals surface area (Å²) in [5.41, 5.74) is -0.689. The van der Waals surface area contributed by atoms with Gasteiger partial charge in [0.05, 0.1) is 23.2 Å². The Bertz CT molecular complexity index is 1080. The second-order valence-electron chi connectivity index (χ2n) is 9.69. The summed E-state index contributed by atoms with van der Waals surface area (Å²) in [4.78, 5) is 54.2. The number of carbonyl (C=O) groups excluding carboxylic acids is 3. The van der Waals surface area contributed by atoms with Crippen LogP contribution in [-0.2, 0) is 16.0 Å². The lowest BCUT2D eigenvalue weighted by molar-refractivity contribution is -0.148. The van der Waals surface area contributed by atoms with Crippen molar-refractivity contribution in [3.05, 3.63) is 29.3 Å². The minimum atomic E-state index is -1.74. The Hall–Kier alpha value is -3.61. The van der Waals surface area contributed by atoms with Crippen LogP contribution in [0.15, 0.2) is 18.2 Å². The molecule has 4 rings (SSSR count). The van der Waals surface area contributed by atoms with Crippen molar-refractivity contribution in [2.24, 2.45) is 17.3 Å². The van der Waals surface area contributed by atoms with E-state index in [9.17, 15) is 29.5 Å². The fourth-order valence-corrected chi connectivity index (χ4v) is 6.01. The second kappa shape index (κ2) is 7.47. The standard InChI is InChI=1S/C23H27N5O5/c1-12(2)23(13(3)4)11-27(21(32)33)10-17-22(18(29)25-20(31)26-19(22)30)8-15-7-14(9-24)5-6-16(15)28(17)23/h5-7,12-13,17H,8,10-11H2,1-4H3,(H,32,33)(H2,25,26,29,30,31). The third-order valence-corrected chi connectivity index (χ3v) is 7.64. The SMILES string of the molecule is CC(C)C1(C(C)C)CN(C(=O)O)CC2N1c1ccc(C#N)cc1CC21C(=O)NC(=O)NC1=O. The molecular formula is C23H27N5O5. The van der Waals surface area contributed by atoms with Crippen LogP contribution in [0.3, 0.4) is 0 Å². The summed E-state index contributed by atoms with van der Waals surface area (Å²) >= 11 is 0. The molecule has 1 aromatic rings. The number of rotatable bonds is 2. The molecule has 1 spiro atoms. The minimum absolute atomic E-state index is 0.0519. The molecule has 5 amide bonds. The number of benzene rings is 1. The van der Waals surface area contributed by atoms with Gasteiger partial charge >= 0.3 is 12.1 Å². The monoisotopic (exact) mass is 453 g/mol. The van der Waals surface area contributed by atoms with E-state index in [4.69, 9.17) is 0 Å². The molecule has 3 heterocycles. The molecule has 0 aromatic heterocycles. The van der Waals surface area contributed by atoms with Crippen molar-refractivity contribution >= 4 is 29.6 Å². The Morgan fingerprint density at radius 1 is 1.15 bits per heavy atom. The van der Waals surface area contributed by atoms with E-state index in [0.29, 0.717) is 11.1 Å². The summed E-state index contributed by atoms with van der Waals surface area (Å²) in [5, 5.41) is 23.9. The number of nitrogens with one attached hydrogen (secondary N) is 2. The number of barbiturate groups is 1. The molecule has 1 aromatic carbocycles. The number of carbonyl (C=O) groups is 4. The number of urea groups is 1. The number of anilines is 1. The van der Waals surface area contributed by atoms with Gasteiger partial charge in [0, 0.05) is 18.8 Å².